The van der Waals surface area contributed by atoms with E-state index in [0.29, 0.717) is 37.6 Å². The van der Waals surface area contributed by atoms with Crippen molar-refractivity contribution < 1.29 is 16.1 Å². The average Bonchev–Trinajstić information content (AvgIpc) is 3.53. The fourth-order valence-corrected chi connectivity index (χ4v) is 6.50. The van der Waals surface area contributed by atoms with Crippen molar-refractivity contribution >= 4 is 60.8 Å². The second-order valence-electron chi connectivity index (χ2n) is 8.66. The molecule has 3 heterocycles. The molecule has 36 heavy (non-hydrogen) atoms. The van der Waals surface area contributed by atoms with Crippen LogP contribution in [0.5, 0.6) is 0 Å². The molecule has 12 heteroatoms. The average molecular weight is 549 g/mol. The van der Waals surface area contributed by atoms with Gasteiger partial charge in [-0.2, -0.15) is 4.37 Å². The highest BCUT2D eigenvalue weighted by molar-refractivity contribution is 7.93. The Hall–Kier alpha value is -3.15. The lowest BCUT2D eigenvalue weighted by Crippen LogP contribution is -2.54. The molecule has 0 radical (unpaired) electrons. The molecule has 0 saturated carbocycles. The minimum atomic E-state index is -3.73. The molecule has 2 aromatic heterocycles. The quantitative estimate of drug-likeness (QED) is 0.363. The Morgan fingerprint density at radius 3 is 2.72 bits per heavy atom. The van der Waals surface area contributed by atoms with Crippen LogP contribution in [0.2, 0.25) is 5.02 Å². The number of sulfonamides is 1. The van der Waals surface area contributed by atoms with Crippen LogP contribution in [0.3, 0.4) is 0 Å². The van der Waals surface area contributed by atoms with E-state index in [1.54, 1.807) is 24.3 Å². The number of aryl methyl sites for hydroxylation is 1. The number of para-hydroxylation sites is 1. The van der Waals surface area contributed by atoms with Crippen LogP contribution >= 0.6 is 23.1 Å². The minimum Gasteiger partial charge on any atom is -0.368 e. The number of aromatic nitrogens is 3. The van der Waals surface area contributed by atoms with Crippen molar-refractivity contribution in [1.82, 2.24) is 18.8 Å². The van der Waals surface area contributed by atoms with Crippen LogP contribution in [-0.4, -0.2) is 58.8 Å². The Labute approximate surface area is 221 Å². The smallest absolute Gasteiger partial charge is 0.263 e. The Kier molecular flexibility index (Phi) is 6.87. The summed E-state index contributed by atoms with van der Waals surface area (Å²) in [4.78, 5) is 21.1. The molecule has 9 nitrogen and oxygen atoms in total. The van der Waals surface area contributed by atoms with Crippen molar-refractivity contribution in [3.05, 3.63) is 66.1 Å². The van der Waals surface area contributed by atoms with Crippen LogP contribution in [0.25, 0.3) is 10.9 Å². The summed E-state index contributed by atoms with van der Waals surface area (Å²) in [6, 6.07) is 14.6. The highest BCUT2D eigenvalue weighted by atomic mass is 35.5. The first-order valence-electron chi connectivity index (χ1n) is 11.5. The van der Waals surface area contributed by atoms with Crippen molar-refractivity contribution in [2.24, 2.45) is 0 Å². The first kappa shape index (κ1) is 24.5. The zero-order valence-electron chi connectivity index (χ0n) is 19.5. The van der Waals surface area contributed by atoms with Gasteiger partial charge in [-0.3, -0.25) is 9.52 Å². The lowest BCUT2D eigenvalue weighted by Gasteiger charge is -2.41. The third-order valence-electron chi connectivity index (χ3n) is 6.35. The maximum Gasteiger partial charge on any atom is 0.263 e. The topological polar surface area (TPSA) is 100 Å². The van der Waals surface area contributed by atoms with E-state index in [1.165, 1.54) is 6.33 Å². The normalized spacial score (nSPS) is 16.4. The summed E-state index contributed by atoms with van der Waals surface area (Å²) in [6.07, 6.45) is 3.67. The van der Waals surface area contributed by atoms with Crippen LogP contribution in [0.15, 0.2) is 66.0 Å². The molecule has 4 aromatic rings. The predicted molar refractivity (Wildman–Crippen MR) is 146 cm³/mol. The van der Waals surface area contributed by atoms with Gasteiger partial charge in [0.05, 0.1) is 15.4 Å². The van der Waals surface area contributed by atoms with Crippen molar-refractivity contribution in [3.63, 3.8) is 0 Å². The van der Waals surface area contributed by atoms with Gasteiger partial charge in [-0.25, -0.2) is 13.4 Å². The molecule has 1 fully saturated rings. The second-order valence-corrected chi connectivity index (χ2v) is 11.5. The van der Waals surface area contributed by atoms with Gasteiger partial charge in [-0.05, 0) is 43.3 Å². The number of fused-ring (bicyclic) bond motifs is 1. The molecule has 0 aliphatic carbocycles. The Morgan fingerprint density at radius 2 is 2.00 bits per heavy atom. The Balaban J connectivity index is 0.00000200. The van der Waals surface area contributed by atoms with Gasteiger partial charge < -0.3 is 14.4 Å². The van der Waals surface area contributed by atoms with E-state index in [2.05, 4.69) is 19.0 Å². The molecule has 0 bridgehead atoms. The number of rotatable bonds is 7. The maximum atomic E-state index is 13.0. The van der Waals surface area contributed by atoms with Gasteiger partial charge in [0.1, 0.15) is 6.33 Å². The number of anilines is 2. The summed E-state index contributed by atoms with van der Waals surface area (Å²) >= 11 is 7.35. The van der Waals surface area contributed by atoms with Gasteiger partial charge in [-0.1, -0.05) is 23.7 Å². The third-order valence-corrected chi connectivity index (χ3v) is 8.72. The Bertz CT molecular complexity index is 1480. The monoisotopic (exact) mass is 548 g/mol. The molecular formula is C24H29ClN6O3S2. The Morgan fingerprint density at radius 1 is 1.19 bits per heavy atom. The molecule has 1 amide bonds. The molecule has 1 saturated heterocycles. The number of amides is 1. The highest BCUT2D eigenvalue weighted by Crippen LogP contribution is 2.26. The summed E-state index contributed by atoms with van der Waals surface area (Å²) in [5.74, 6) is 0.111. The van der Waals surface area contributed by atoms with E-state index in [9.17, 15) is 13.2 Å². The van der Waals surface area contributed by atoms with Crippen LogP contribution in [0, 0.1) is 0 Å². The second kappa shape index (κ2) is 10.1. The fourth-order valence-electron chi connectivity index (χ4n) is 4.55. The van der Waals surface area contributed by atoms with Gasteiger partial charge in [0, 0.05) is 70.3 Å². The molecule has 2 aromatic carbocycles. The highest BCUT2D eigenvalue weighted by Gasteiger charge is 2.27. The lowest BCUT2D eigenvalue weighted by molar-refractivity contribution is -0.133. The molecular weight excluding hydrogens is 520 g/mol. The van der Waals surface area contributed by atoms with E-state index in [4.69, 9.17) is 11.6 Å². The number of nitrogens with zero attached hydrogens (tertiary/aromatic N) is 5. The number of carbonyl (C=O) groups is 1. The molecule has 1 N–H and O–H groups in total. The van der Waals surface area contributed by atoms with Crippen LogP contribution in [0.4, 0.5) is 10.8 Å². The number of hydrogen-bond acceptors (Lipinski definition) is 7. The van der Waals surface area contributed by atoms with E-state index < -0.39 is 10.0 Å². The van der Waals surface area contributed by atoms with Gasteiger partial charge in [0.2, 0.25) is 11.0 Å². The predicted octanol–water partition coefficient (Wildman–Crippen LogP) is 4.57. The van der Waals surface area contributed by atoms with Crippen molar-refractivity contribution in [3.8, 4) is 0 Å². The van der Waals surface area contributed by atoms with Crippen LogP contribution in [-0.2, 0) is 21.4 Å². The number of benzene rings is 2. The summed E-state index contributed by atoms with van der Waals surface area (Å²) < 4.78 is 33.4. The van der Waals surface area contributed by atoms with E-state index in [1.807, 2.05) is 46.9 Å². The van der Waals surface area contributed by atoms with Crippen molar-refractivity contribution in [2.45, 2.75) is 30.8 Å². The van der Waals surface area contributed by atoms with Gasteiger partial charge in [-0.15, -0.1) is 0 Å². The maximum absolute atomic E-state index is 13.0. The SMILES string of the molecule is C[C@@H]1CN(c2ccc(S(=O)(=O)Nc3ncns3)cc2)CCN1C(=O)CCn1ccc2cccc(Cl)c21.[HH].[HH]. The summed E-state index contributed by atoms with van der Waals surface area (Å²) in [5, 5.41) is 1.97. The number of nitrogens with one attached hydrogen (secondary N) is 1. The zero-order chi connectivity index (χ0) is 25.3. The van der Waals surface area contributed by atoms with E-state index in [-0.39, 0.29) is 24.8 Å². The fraction of sp³-hybridized carbons (Fsp3) is 0.292. The number of carbonyl (C=O) groups excluding carboxylic acids is 1. The minimum absolute atomic E-state index is 0. The standard InChI is InChI=1S/C24H25ClN6O3S2.2H2/c1-17-15-30(19-5-7-20(8-6-19)36(33,34)28-24-26-16-27-35-24)13-14-31(17)22(32)10-12-29-11-9-18-3-2-4-21(25)23(18)29;;/h2-9,11,16-17H,10,12-15H2,1H3,(H,26,27,28);2*1H/t17-;;/m1../s1. The molecule has 0 unspecified atom stereocenters. The lowest BCUT2D eigenvalue weighted by atomic mass is 10.1. The van der Waals surface area contributed by atoms with Crippen LogP contribution in [0.1, 0.15) is 16.2 Å². The number of piperazine rings is 1. The first-order chi connectivity index (χ1) is 17.3. The number of halogens is 1. The molecule has 1 atom stereocenters. The van der Waals surface area contributed by atoms with Crippen molar-refractivity contribution in [1.29, 1.82) is 0 Å². The largest absolute Gasteiger partial charge is 0.368 e. The van der Waals surface area contributed by atoms with Crippen molar-refractivity contribution in [2.75, 3.05) is 29.3 Å². The molecule has 1 aliphatic rings. The van der Waals surface area contributed by atoms with Gasteiger partial charge >= 0.3 is 0 Å². The molecule has 1 aliphatic heterocycles. The first-order valence-corrected chi connectivity index (χ1v) is 14.1. The van der Waals surface area contributed by atoms with E-state index in [0.717, 1.165) is 28.1 Å². The zero-order valence-corrected chi connectivity index (χ0v) is 21.9. The molecule has 192 valence electrons. The summed E-state index contributed by atoms with van der Waals surface area (Å²) in [7, 11) is -3.73. The van der Waals surface area contributed by atoms with Gasteiger partial charge in [0.25, 0.3) is 10.0 Å². The molecule has 0 spiro atoms. The molecule has 5 rings (SSSR count). The summed E-state index contributed by atoms with van der Waals surface area (Å²) in [5.41, 5.74) is 1.87. The summed E-state index contributed by atoms with van der Waals surface area (Å²) in [6.45, 7) is 4.55. The third kappa shape index (κ3) is 5.04. The van der Waals surface area contributed by atoms with Gasteiger partial charge in [0.15, 0.2) is 0 Å². The van der Waals surface area contributed by atoms with Crippen LogP contribution < -0.4 is 9.62 Å². The number of hydrogen-bond donors (Lipinski definition) is 1. The van der Waals surface area contributed by atoms with E-state index >= 15 is 0 Å².